The maximum atomic E-state index is 12.4. The van der Waals surface area contributed by atoms with Crippen LogP contribution in [0.15, 0.2) is 44.8 Å². The van der Waals surface area contributed by atoms with Gasteiger partial charge in [0, 0.05) is 26.2 Å². The van der Waals surface area contributed by atoms with Crippen LogP contribution >= 0.6 is 11.3 Å². The summed E-state index contributed by atoms with van der Waals surface area (Å²) in [6.45, 7) is 4.10. The molecule has 1 aliphatic rings. The zero-order valence-electron chi connectivity index (χ0n) is 14.5. The lowest BCUT2D eigenvalue weighted by molar-refractivity contribution is 0.0342. The molecule has 0 radical (unpaired) electrons. The summed E-state index contributed by atoms with van der Waals surface area (Å²) < 4.78 is 55.0. The normalized spacial score (nSPS) is 16.5. The van der Waals surface area contributed by atoms with E-state index in [0.717, 1.165) is 44.0 Å². The lowest BCUT2D eigenvalue weighted by atomic mass is 10.1. The second kappa shape index (κ2) is 8.35. The zero-order valence-corrected chi connectivity index (χ0v) is 16.9. The minimum Gasteiger partial charge on any atom is -0.379 e. The number of primary sulfonamides is 1. The van der Waals surface area contributed by atoms with Crippen molar-refractivity contribution >= 4 is 31.4 Å². The number of ether oxygens (including phenoxy) is 1. The number of hydrogen-bond donors (Lipinski definition) is 2. The summed E-state index contributed by atoms with van der Waals surface area (Å²) in [5, 5.41) is 5.03. The Kier molecular flexibility index (Phi) is 6.31. The van der Waals surface area contributed by atoms with Gasteiger partial charge in [-0.05, 0) is 23.3 Å². The van der Waals surface area contributed by atoms with Gasteiger partial charge in [-0.25, -0.2) is 26.7 Å². The van der Waals surface area contributed by atoms with Gasteiger partial charge in [-0.2, -0.15) is 0 Å². The van der Waals surface area contributed by atoms with Gasteiger partial charge >= 0.3 is 0 Å². The number of morpholine rings is 1. The molecule has 0 saturated carbocycles. The summed E-state index contributed by atoms with van der Waals surface area (Å²) in [6.07, 6.45) is 0. The molecule has 0 spiro atoms. The maximum Gasteiger partial charge on any atom is 0.250 e. The van der Waals surface area contributed by atoms with Crippen LogP contribution in [0.25, 0.3) is 0 Å². The van der Waals surface area contributed by atoms with E-state index < -0.39 is 20.0 Å². The van der Waals surface area contributed by atoms with E-state index in [1.54, 1.807) is 0 Å². The molecule has 0 aliphatic carbocycles. The molecule has 27 heavy (non-hydrogen) atoms. The summed E-state index contributed by atoms with van der Waals surface area (Å²) in [5.74, 6) is 0. The lowest BCUT2D eigenvalue weighted by Crippen LogP contribution is -2.35. The number of sulfonamides is 2. The molecule has 1 saturated heterocycles. The molecule has 1 fully saturated rings. The van der Waals surface area contributed by atoms with Crippen molar-refractivity contribution in [2.75, 3.05) is 26.3 Å². The SMILES string of the molecule is NS(=O)(=O)c1ccc(S(=O)(=O)NCc2cccc(CN3CCOCC3)c2)s1. The Morgan fingerprint density at radius 1 is 1.04 bits per heavy atom. The van der Waals surface area contributed by atoms with Gasteiger partial charge in [0.15, 0.2) is 0 Å². The van der Waals surface area contributed by atoms with Gasteiger partial charge in [0.2, 0.25) is 20.0 Å². The van der Waals surface area contributed by atoms with Crippen LogP contribution in [0.3, 0.4) is 0 Å². The van der Waals surface area contributed by atoms with Crippen molar-refractivity contribution in [3.8, 4) is 0 Å². The predicted octanol–water partition coefficient (Wildman–Crippen LogP) is 0.706. The first-order valence-electron chi connectivity index (χ1n) is 8.24. The van der Waals surface area contributed by atoms with Gasteiger partial charge in [-0.3, -0.25) is 4.90 Å². The van der Waals surface area contributed by atoms with Crippen molar-refractivity contribution in [1.82, 2.24) is 9.62 Å². The van der Waals surface area contributed by atoms with Crippen LogP contribution < -0.4 is 9.86 Å². The first-order valence-corrected chi connectivity index (χ1v) is 12.1. The molecular weight excluding hydrogens is 410 g/mol. The number of benzene rings is 1. The van der Waals surface area contributed by atoms with Crippen molar-refractivity contribution in [3.63, 3.8) is 0 Å². The first-order chi connectivity index (χ1) is 12.7. The molecular formula is C16H21N3O5S3. The number of nitrogens with zero attached hydrogens (tertiary/aromatic N) is 1. The second-order valence-electron chi connectivity index (χ2n) is 6.15. The Hall–Kier alpha value is -1.34. The molecule has 0 atom stereocenters. The van der Waals surface area contributed by atoms with Gasteiger partial charge < -0.3 is 4.74 Å². The van der Waals surface area contributed by atoms with Crippen LogP contribution in [-0.2, 0) is 37.9 Å². The van der Waals surface area contributed by atoms with Crippen molar-refractivity contribution in [3.05, 3.63) is 47.5 Å². The molecule has 8 nitrogen and oxygen atoms in total. The van der Waals surface area contributed by atoms with Crippen LogP contribution in [0.2, 0.25) is 0 Å². The Labute approximate surface area is 163 Å². The van der Waals surface area contributed by atoms with Gasteiger partial charge in [-0.15, -0.1) is 11.3 Å². The van der Waals surface area contributed by atoms with E-state index in [9.17, 15) is 16.8 Å². The average Bonchev–Trinajstić information content (AvgIpc) is 3.13. The van der Waals surface area contributed by atoms with Crippen LogP contribution in [0.1, 0.15) is 11.1 Å². The molecule has 1 aromatic heterocycles. The molecule has 3 rings (SSSR count). The lowest BCUT2D eigenvalue weighted by Gasteiger charge is -2.26. The Morgan fingerprint density at radius 3 is 2.37 bits per heavy atom. The summed E-state index contributed by atoms with van der Waals surface area (Å²) in [6, 6.07) is 10.1. The Morgan fingerprint density at radius 2 is 1.70 bits per heavy atom. The van der Waals surface area contributed by atoms with E-state index in [1.165, 1.54) is 12.1 Å². The third-order valence-corrected chi connectivity index (χ3v) is 8.49. The molecule has 0 amide bonds. The second-order valence-corrected chi connectivity index (χ2v) is 11.0. The fourth-order valence-electron chi connectivity index (χ4n) is 2.71. The van der Waals surface area contributed by atoms with Crippen LogP contribution in [0, 0.1) is 0 Å². The summed E-state index contributed by atoms with van der Waals surface area (Å²) in [7, 11) is -7.73. The summed E-state index contributed by atoms with van der Waals surface area (Å²) >= 11 is 0.626. The topological polar surface area (TPSA) is 119 Å². The highest BCUT2D eigenvalue weighted by Crippen LogP contribution is 2.24. The highest BCUT2D eigenvalue weighted by atomic mass is 32.3. The highest BCUT2D eigenvalue weighted by molar-refractivity contribution is 7.94. The molecule has 0 bridgehead atoms. The predicted molar refractivity (Wildman–Crippen MR) is 102 cm³/mol. The molecule has 1 aliphatic heterocycles. The number of nitrogens with one attached hydrogen (secondary N) is 1. The summed E-state index contributed by atoms with van der Waals surface area (Å²) in [5.41, 5.74) is 1.92. The van der Waals surface area contributed by atoms with Gasteiger partial charge in [0.05, 0.1) is 13.2 Å². The van der Waals surface area contributed by atoms with E-state index in [4.69, 9.17) is 9.88 Å². The summed E-state index contributed by atoms with van der Waals surface area (Å²) in [4.78, 5) is 2.28. The number of hydrogen-bond acceptors (Lipinski definition) is 7. The highest BCUT2D eigenvalue weighted by Gasteiger charge is 2.20. The Balaban J connectivity index is 1.65. The molecule has 148 valence electrons. The van der Waals surface area contributed by atoms with E-state index in [2.05, 4.69) is 9.62 Å². The minimum atomic E-state index is -3.92. The van der Waals surface area contributed by atoms with Crippen LogP contribution in [-0.4, -0.2) is 48.0 Å². The molecule has 11 heteroatoms. The van der Waals surface area contributed by atoms with Gasteiger partial charge in [0.1, 0.15) is 8.42 Å². The van der Waals surface area contributed by atoms with E-state index in [0.29, 0.717) is 11.3 Å². The van der Waals surface area contributed by atoms with Gasteiger partial charge in [-0.1, -0.05) is 24.3 Å². The minimum absolute atomic E-state index is 0.0870. The van der Waals surface area contributed by atoms with E-state index in [-0.39, 0.29) is 15.0 Å². The maximum absolute atomic E-state index is 12.4. The molecule has 0 unspecified atom stereocenters. The molecule has 3 N–H and O–H groups in total. The third kappa shape index (κ3) is 5.57. The number of nitrogens with two attached hydrogens (primary N) is 1. The molecule has 1 aromatic carbocycles. The standard InChI is InChI=1S/C16H21N3O5S3/c17-26(20,21)15-4-5-16(25-15)27(22,23)18-11-13-2-1-3-14(10-13)12-19-6-8-24-9-7-19/h1-5,10,18H,6-9,11-12H2,(H2,17,20,21). The fraction of sp³-hybridized carbons (Fsp3) is 0.375. The van der Waals surface area contributed by atoms with Crippen LogP contribution in [0.5, 0.6) is 0 Å². The third-order valence-electron chi connectivity index (χ3n) is 4.07. The quantitative estimate of drug-likeness (QED) is 0.666. The Bertz CT molecular complexity index is 996. The van der Waals surface area contributed by atoms with E-state index in [1.807, 2.05) is 24.3 Å². The number of rotatable bonds is 7. The smallest absolute Gasteiger partial charge is 0.250 e. The largest absolute Gasteiger partial charge is 0.379 e. The van der Waals surface area contributed by atoms with Crippen molar-refractivity contribution in [1.29, 1.82) is 0 Å². The molecule has 2 aromatic rings. The zero-order chi connectivity index (χ0) is 19.5. The van der Waals surface area contributed by atoms with Crippen molar-refractivity contribution in [2.45, 2.75) is 21.5 Å². The fourth-order valence-corrected chi connectivity index (χ4v) is 5.96. The monoisotopic (exact) mass is 431 g/mol. The van der Waals surface area contributed by atoms with Crippen molar-refractivity contribution in [2.24, 2.45) is 5.14 Å². The first kappa shape index (κ1) is 20.4. The molecule has 2 heterocycles. The van der Waals surface area contributed by atoms with E-state index >= 15 is 0 Å². The van der Waals surface area contributed by atoms with Crippen LogP contribution in [0.4, 0.5) is 0 Å². The van der Waals surface area contributed by atoms with Gasteiger partial charge in [0.25, 0.3) is 0 Å². The van der Waals surface area contributed by atoms with Crippen molar-refractivity contribution < 1.29 is 21.6 Å². The average molecular weight is 432 g/mol. The number of thiophene rings is 1.